The van der Waals surface area contributed by atoms with Crippen LogP contribution in [0.25, 0.3) is 10.9 Å². The average Bonchev–Trinajstić information content (AvgIpc) is 3.18. The summed E-state index contributed by atoms with van der Waals surface area (Å²) in [7, 11) is 1.38. The highest BCUT2D eigenvalue weighted by atomic mass is 16.5. The van der Waals surface area contributed by atoms with E-state index in [2.05, 4.69) is 0 Å². The Morgan fingerprint density at radius 3 is 2.48 bits per heavy atom. The van der Waals surface area contributed by atoms with Gasteiger partial charge in [0.2, 0.25) is 5.91 Å². The third-order valence-electron chi connectivity index (χ3n) is 4.71. The summed E-state index contributed by atoms with van der Waals surface area (Å²) in [4.78, 5) is 26.9. The second-order valence-electron chi connectivity index (χ2n) is 6.05. The maximum Gasteiger partial charge on any atom is 0.340 e. The first-order valence-corrected chi connectivity index (χ1v) is 8.03. The quantitative estimate of drug-likeness (QED) is 0.819. The van der Waals surface area contributed by atoms with Crippen molar-refractivity contribution < 1.29 is 14.3 Å². The van der Waals surface area contributed by atoms with Crippen LogP contribution in [-0.2, 0) is 9.53 Å². The Balaban J connectivity index is 2.11. The van der Waals surface area contributed by atoms with E-state index in [-0.39, 0.29) is 17.9 Å². The molecule has 0 aliphatic carbocycles. The molecule has 1 aliphatic rings. The monoisotopic (exact) mass is 314 g/mol. The van der Waals surface area contributed by atoms with Crippen molar-refractivity contribution in [3.63, 3.8) is 0 Å². The molecule has 0 bridgehead atoms. The van der Waals surface area contributed by atoms with Crippen LogP contribution in [0.15, 0.2) is 24.3 Å². The molecule has 0 N–H and O–H groups in total. The largest absolute Gasteiger partial charge is 0.465 e. The number of fused-ring (bicyclic) bond motifs is 1. The van der Waals surface area contributed by atoms with E-state index in [1.165, 1.54) is 7.11 Å². The van der Waals surface area contributed by atoms with Crippen LogP contribution in [-0.4, -0.2) is 41.5 Å². The molecule has 1 aromatic carbocycles. The third-order valence-corrected chi connectivity index (χ3v) is 4.71. The minimum atomic E-state index is -0.363. The van der Waals surface area contributed by atoms with Crippen LogP contribution in [0.3, 0.4) is 0 Å². The van der Waals surface area contributed by atoms with Crippen molar-refractivity contribution in [2.45, 2.75) is 32.7 Å². The van der Waals surface area contributed by atoms with Gasteiger partial charge in [-0.3, -0.25) is 4.79 Å². The molecule has 1 atom stereocenters. The average molecular weight is 314 g/mol. The van der Waals surface area contributed by atoms with Gasteiger partial charge in [-0.1, -0.05) is 18.2 Å². The molecule has 3 rings (SSSR count). The summed E-state index contributed by atoms with van der Waals surface area (Å²) in [5.41, 5.74) is 2.22. The fourth-order valence-electron chi connectivity index (χ4n) is 3.56. The Morgan fingerprint density at radius 1 is 1.17 bits per heavy atom. The number of hydrogen-bond donors (Lipinski definition) is 0. The van der Waals surface area contributed by atoms with E-state index in [1.54, 1.807) is 0 Å². The van der Waals surface area contributed by atoms with Crippen LogP contribution in [0.4, 0.5) is 0 Å². The number of nitrogens with zero attached hydrogens (tertiary/aromatic N) is 2. The molecule has 2 aromatic rings. The van der Waals surface area contributed by atoms with Crippen molar-refractivity contribution in [1.82, 2.24) is 9.47 Å². The molecule has 1 aromatic heterocycles. The lowest BCUT2D eigenvalue weighted by Crippen LogP contribution is -2.34. The van der Waals surface area contributed by atoms with Crippen molar-refractivity contribution in [2.24, 2.45) is 0 Å². The molecular formula is C18H22N2O3. The normalized spacial score (nSPS) is 15.9. The van der Waals surface area contributed by atoms with Crippen LogP contribution in [0.1, 0.15) is 41.9 Å². The minimum Gasteiger partial charge on any atom is -0.465 e. The smallest absolute Gasteiger partial charge is 0.340 e. The van der Waals surface area contributed by atoms with E-state index >= 15 is 0 Å². The van der Waals surface area contributed by atoms with Gasteiger partial charge < -0.3 is 14.2 Å². The van der Waals surface area contributed by atoms with E-state index in [9.17, 15) is 9.59 Å². The van der Waals surface area contributed by atoms with E-state index < -0.39 is 0 Å². The van der Waals surface area contributed by atoms with Crippen LogP contribution >= 0.6 is 0 Å². The lowest BCUT2D eigenvalue weighted by atomic mass is 10.1. The van der Waals surface area contributed by atoms with Gasteiger partial charge in [0.25, 0.3) is 0 Å². The minimum absolute atomic E-state index is 0.114. The first-order valence-electron chi connectivity index (χ1n) is 8.03. The molecule has 1 fully saturated rings. The Bertz CT molecular complexity index is 757. The molecule has 1 amide bonds. The molecule has 5 nitrogen and oxygen atoms in total. The number of likely N-dealkylation sites (tertiary alicyclic amines) is 1. The molecule has 1 unspecified atom stereocenters. The standard InChI is InChI=1S/C18H22N2O3/c1-12-16(18(22)23-3)14-8-4-5-9-15(14)20(12)13(2)17(21)19-10-6-7-11-19/h4-5,8-9,13H,6-7,10-11H2,1-3H3. The molecule has 0 radical (unpaired) electrons. The molecule has 0 spiro atoms. The van der Waals surface area contributed by atoms with E-state index in [4.69, 9.17) is 4.74 Å². The van der Waals surface area contributed by atoms with Crippen molar-refractivity contribution in [1.29, 1.82) is 0 Å². The first-order chi connectivity index (χ1) is 11.1. The molecule has 122 valence electrons. The fraction of sp³-hybridized carbons (Fsp3) is 0.444. The molecule has 2 heterocycles. The van der Waals surface area contributed by atoms with Gasteiger partial charge in [-0.15, -0.1) is 0 Å². The van der Waals surface area contributed by atoms with Crippen molar-refractivity contribution in [3.05, 3.63) is 35.5 Å². The van der Waals surface area contributed by atoms with Crippen LogP contribution in [0, 0.1) is 6.92 Å². The number of aromatic nitrogens is 1. The summed E-state index contributed by atoms with van der Waals surface area (Å²) in [5, 5.41) is 0.831. The molecule has 0 saturated carbocycles. The SMILES string of the molecule is COC(=O)c1c(C)n(C(C)C(=O)N2CCCC2)c2ccccc12. The first kappa shape index (κ1) is 15.6. The van der Waals surface area contributed by atoms with E-state index in [1.807, 2.05) is 47.6 Å². The Kier molecular flexibility index (Phi) is 4.11. The zero-order valence-electron chi connectivity index (χ0n) is 13.8. The number of carbonyl (C=O) groups excluding carboxylic acids is 2. The molecule has 5 heteroatoms. The zero-order valence-corrected chi connectivity index (χ0v) is 13.8. The summed E-state index contributed by atoms with van der Waals surface area (Å²) in [6, 6.07) is 7.33. The van der Waals surface area contributed by atoms with Gasteiger partial charge in [0, 0.05) is 29.7 Å². The highest BCUT2D eigenvalue weighted by Crippen LogP contribution is 2.30. The number of benzene rings is 1. The summed E-state index contributed by atoms with van der Waals surface area (Å²) < 4.78 is 6.89. The van der Waals surface area contributed by atoms with Gasteiger partial charge in [-0.05, 0) is 32.8 Å². The summed E-state index contributed by atoms with van der Waals surface area (Å²) in [5.74, 6) is -0.249. The highest BCUT2D eigenvalue weighted by Gasteiger charge is 2.29. The molecule has 1 saturated heterocycles. The number of esters is 1. The van der Waals surface area contributed by atoms with Gasteiger partial charge in [0.1, 0.15) is 6.04 Å². The number of ether oxygens (including phenoxy) is 1. The Labute approximate surface area is 135 Å². The van der Waals surface area contributed by atoms with Crippen molar-refractivity contribution >= 4 is 22.8 Å². The maximum absolute atomic E-state index is 12.8. The highest BCUT2D eigenvalue weighted by molar-refractivity contribution is 6.06. The predicted molar refractivity (Wildman–Crippen MR) is 88.5 cm³/mol. The van der Waals surface area contributed by atoms with Crippen LogP contribution in [0.2, 0.25) is 0 Å². The predicted octanol–water partition coefficient (Wildman–Crippen LogP) is 2.92. The van der Waals surface area contributed by atoms with Gasteiger partial charge in [-0.25, -0.2) is 4.79 Å². The molecular weight excluding hydrogens is 292 g/mol. The zero-order chi connectivity index (χ0) is 16.6. The number of carbonyl (C=O) groups is 2. The second-order valence-corrected chi connectivity index (χ2v) is 6.05. The summed E-state index contributed by atoms with van der Waals surface area (Å²) in [6.07, 6.45) is 2.13. The van der Waals surface area contributed by atoms with Gasteiger partial charge in [0.05, 0.1) is 12.7 Å². The summed E-state index contributed by atoms with van der Waals surface area (Å²) >= 11 is 0. The molecule has 23 heavy (non-hydrogen) atoms. The third kappa shape index (κ3) is 2.50. The van der Waals surface area contributed by atoms with Gasteiger partial charge >= 0.3 is 5.97 Å². The Morgan fingerprint density at radius 2 is 1.83 bits per heavy atom. The number of amides is 1. The van der Waals surface area contributed by atoms with Crippen molar-refractivity contribution in [3.8, 4) is 0 Å². The fourth-order valence-corrected chi connectivity index (χ4v) is 3.56. The van der Waals surface area contributed by atoms with Crippen LogP contribution in [0.5, 0.6) is 0 Å². The van der Waals surface area contributed by atoms with Crippen molar-refractivity contribution in [2.75, 3.05) is 20.2 Å². The van der Waals surface area contributed by atoms with E-state index in [0.717, 1.165) is 42.5 Å². The Hall–Kier alpha value is -2.30. The maximum atomic E-state index is 12.8. The van der Waals surface area contributed by atoms with Gasteiger partial charge in [-0.2, -0.15) is 0 Å². The van der Waals surface area contributed by atoms with Crippen LogP contribution < -0.4 is 0 Å². The number of rotatable bonds is 3. The number of hydrogen-bond acceptors (Lipinski definition) is 3. The number of methoxy groups -OCH3 is 1. The van der Waals surface area contributed by atoms with E-state index in [0.29, 0.717) is 5.56 Å². The lowest BCUT2D eigenvalue weighted by Gasteiger charge is -2.23. The van der Waals surface area contributed by atoms with Gasteiger partial charge in [0.15, 0.2) is 0 Å². The molecule has 1 aliphatic heterocycles. The second kappa shape index (κ2) is 6.07. The topological polar surface area (TPSA) is 51.5 Å². The summed E-state index contributed by atoms with van der Waals surface area (Å²) in [6.45, 7) is 5.43. The number of para-hydroxylation sites is 1. The lowest BCUT2D eigenvalue weighted by molar-refractivity contribution is -0.133.